The SMILES string of the molecule is [2H]C([2H])([2H])c1c[c-]c(-c2ccc(C([2H])([2H])[2H])cn2)cc1.[2H]C1(c2ccnc(-c3[c-]ccc4c3oc3c5ccccc5ccc43)c2)CCC2(CCCCC2)CC1.[Ir]. The van der Waals surface area contributed by atoms with E-state index in [4.69, 9.17) is 17.6 Å². The first-order chi connectivity index (χ1) is 26.3. The summed E-state index contributed by atoms with van der Waals surface area (Å²) in [4.78, 5) is 8.80. The summed E-state index contributed by atoms with van der Waals surface area (Å²) in [6.45, 7) is -4.34. The van der Waals surface area contributed by atoms with E-state index in [0.717, 1.165) is 57.0 Å². The smallest absolute Gasteiger partial charge is 0.128 e. The van der Waals surface area contributed by atoms with E-state index < -0.39 is 19.6 Å². The van der Waals surface area contributed by atoms with Crippen molar-refractivity contribution in [3.8, 4) is 22.5 Å². The van der Waals surface area contributed by atoms with Gasteiger partial charge in [-0.1, -0.05) is 97.2 Å². The average molecular weight is 826 g/mol. The zero-order chi connectivity index (χ0) is 38.4. The number of hydrogen-bond acceptors (Lipinski definition) is 3. The molecule has 4 heteroatoms. The van der Waals surface area contributed by atoms with E-state index in [1.165, 1.54) is 74.7 Å². The molecule has 0 saturated heterocycles. The Morgan fingerprint density at radius 3 is 2.35 bits per heavy atom. The Labute approximate surface area is 313 Å². The number of aryl methyl sites for hydroxylation is 2. The predicted octanol–water partition coefficient (Wildman–Crippen LogP) is 12.4. The Hall–Kier alpha value is -4.11. The van der Waals surface area contributed by atoms with Gasteiger partial charge in [0.15, 0.2) is 0 Å². The molecule has 2 fully saturated rings. The molecule has 7 aromatic rings. The van der Waals surface area contributed by atoms with Crippen LogP contribution in [0, 0.1) is 31.3 Å². The molecule has 0 unspecified atom stereocenters. The van der Waals surface area contributed by atoms with Crippen LogP contribution < -0.4 is 0 Å². The van der Waals surface area contributed by atoms with Crippen molar-refractivity contribution in [1.82, 2.24) is 9.97 Å². The summed E-state index contributed by atoms with van der Waals surface area (Å²) in [5.41, 5.74) is 6.61. The van der Waals surface area contributed by atoms with Crippen LogP contribution in [0.3, 0.4) is 0 Å². The summed E-state index contributed by atoms with van der Waals surface area (Å²) in [6.07, 6.45) is 14.3. The number of aromatic nitrogens is 2. The Morgan fingerprint density at radius 2 is 1.57 bits per heavy atom. The molecule has 2 aliphatic carbocycles. The van der Waals surface area contributed by atoms with Gasteiger partial charge < -0.3 is 14.4 Å². The molecule has 1 spiro atoms. The maximum Gasteiger partial charge on any atom is 0.128 e. The monoisotopic (exact) mass is 826 g/mol. The van der Waals surface area contributed by atoms with Crippen molar-refractivity contribution in [2.45, 2.75) is 77.4 Å². The third-order valence-electron chi connectivity index (χ3n) is 10.4. The normalized spacial score (nSPS) is 19.2. The summed E-state index contributed by atoms with van der Waals surface area (Å²) in [5, 5.41) is 4.50. The van der Waals surface area contributed by atoms with Crippen molar-refractivity contribution in [2.24, 2.45) is 5.41 Å². The fourth-order valence-corrected chi connectivity index (χ4v) is 7.76. The third-order valence-corrected chi connectivity index (χ3v) is 10.4. The van der Waals surface area contributed by atoms with E-state index in [2.05, 4.69) is 71.7 Å². The quantitative estimate of drug-likeness (QED) is 0.167. The number of furan rings is 1. The van der Waals surface area contributed by atoms with Crippen LogP contribution in [0.2, 0.25) is 0 Å². The zero-order valence-electron chi connectivity index (χ0n) is 34.3. The van der Waals surface area contributed by atoms with Gasteiger partial charge in [0.25, 0.3) is 0 Å². The molecule has 49 heavy (non-hydrogen) atoms. The third kappa shape index (κ3) is 6.87. The van der Waals surface area contributed by atoms with Crippen molar-refractivity contribution in [3.63, 3.8) is 0 Å². The minimum absolute atomic E-state index is 0. The average Bonchev–Trinajstić information content (AvgIpc) is 3.59. The number of benzene rings is 4. The van der Waals surface area contributed by atoms with Gasteiger partial charge >= 0.3 is 0 Å². The Balaban J connectivity index is 0.000000197. The van der Waals surface area contributed by atoms with E-state index in [9.17, 15) is 1.37 Å². The molecule has 0 N–H and O–H groups in total. The first-order valence-corrected chi connectivity index (χ1v) is 17.0. The fourth-order valence-electron chi connectivity index (χ4n) is 7.76. The van der Waals surface area contributed by atoms with Crippen LogP contribution in [-0.4, -0.2) is 9.97 Å². The largest absolute Gasteiger partial charge is 0.500 e. The van der Waals surface area contributed by atoms with Crippen molar-refractivity contribution >= 4 is 32.7 Å². The van der Waals surface area contributed by atoms with Gasteiger partial charge in [0, 0.05) is 52.9 Å². The van der Waals surface area contributed by atoms with E-state index in [0.29, 0.717) is 16.7 Å². The Morgan fingerprint density at radius 1 is 0.755 bits per heavy atom. The topological polar surface area (TPSA) is 38.9 Å². The zero-order valence-corrected chi connectivity index (χ0v) is 29.7. The van der Waals surface area contributed by atoms with Gasteiger partial charge in [-0.15, -0.1) is 53.6 Å². The molecule has 3 aromatic heterocycles. The molecule has 9 rings (SSSR count). The molecule has 4 aromatic carbocycles. The number of rotatable bonds is 3. The summed E-state index contributed by atoms with van der Waals surface area (Å²) in [6, 6.07) is 34.8. The van der Waals surface area contributed by atoms with Crippen molar-refractivity contribution in [3.05, 3.63) is 132 Å². The molecule has 249 valence electrons. The van der Waals surface area contributed by atoms with Gasteiger partial charge in [-0.25, -0.2) is 0 Å². The van der Waals surface area contributed by atoms with Gasteiger partial charge in [-0.05, 0) is 85.1 Å². The molecule has 1 radical (unpaired) electrons. The molecule has 3 nitrogen and oxygen atoms in total. The van der Waals surface area contributed by atoms with Crippen LogP contribution in [0.25, 0.3) is 55.2 Å². The summed E-state index contributed by atoms with van der Waals surface area (Å²) < 4.78 is 59.6. The van der Waals surface area contributed by atoms with Crippen molar-refractivity contribution in [2.75, 3.05) is 0 Å². The van der Waals surface area contributed by atoms with Gasteiger partial charge in [0.1, 0.15) is 5.58 Å². The number of hydrogen-bond donors (Lipinski definition) is 0. The predicted molar refractivity (Wildman–Crippen MR) is 198 cm³/mol. The minimum atomic E-state index is -2.18. The van der Waals surface area contributed by atoms with Gasteiger partial charge in [-0.2, -0.15) is 0 Å². The van der Waals surface area contributed by atoms with Gasteiger partial charge in [0.05, 0.1) is 5.58 Å². The van der Waals surface area contributed by atoms with Crippen LogP contribution in [0.1, 0.15) is 90.0 Å². The first kappa shape index (κ1) is 25.8. The number of fused-ring (bicyclic) bond motifs is 5. The fraction of sp³-hybridized carbons (Fsp3) is 0.289. The molecule has 3 heterocycles. The van der Waals surface area contributed by atoms with E-state index in [-0.39, 0.29) is 31.2 Å². The molecule has 0 aliphatic heterocycles. The Kier molecular flexibility index (Phi) is 7.58. The van der Waals surface area contributed by atoms with Crippen molar-refractivity contribution < 1.29 is 34.1 Å². The summed E-state index contributed by atoms with van der Waals surface area (Å²) in [5.74, 6) is -0.529. The standard InChI is InChI=1S/C32H30NO.C13H12N.Ir/c1-4-16-32(17-5-1)18-13-22(14-19-32)24-15-20-33-29(21-24)28-10-6-9-26-27-12-11-23-7-2-3-8-25(23)30(27)34-31(26)28;1-10-3-6-12(7-4-10)13-8-5-11(2)9-14-13;/h2-3,6-9,11-12,15,20-22H,1,4-5,13-14,16-19H2;3-6,8-9H,1-2H3;/q2*-1;/i22D;1D3,2D3;. The second kappa shape index (κ2) is 14.4. The first-order valence-electron chi connectivity index (χ1n) is 20.5. The molecular formula is C45H42IrN2O-2. The van der Waals surface area contributed by atoms with Crippen LogP contribution >= 0.6 is 0 Å². The number of nitrogens with zero attached hydrogens (tertiary/aromatic N) is 2. The molecular weight excluding hydrogens is 777 g/mol. The second-order valence-corrected chi connectivity index (χ2v) is 13.4. The second-order valence-electron chi connectivity index (χ2n) is 13.4. The van der Waals surface area contributed by atoms with Crippen LogP contribution in [0.15, 0.2) is 108 Å². The van der Waals surface area contributed by atoms with Gasteiger partial charge in [-0.3, -0.25) is 0 Å². The maximum atomic E-state index is 9.40. The van der Waals surface area contributed by atoms with E-state index in [1.807, 2.05) is 12.3 Å². The molecule has 2 aliphatic rings. The number of pyridine rings is 2. The van der Waals surface area contributed by atoms with Crippen LogP contribution in [0.4, 0.5) is 0 Å². The van der Waals surface area contributed by atoms with Crippen LogP contribution in [0.5, 0.6) is 0 Å². The maximum absolute atomic E-state index is 9.40. The summed E-state index contributed by atoms with van der Waals surface area (Å²) >= 11 is 0. The van der Waals surface area contributed by atoms with E-state index in [1.54, 1.807) is 12.1 Å². The molecule has 0 bridgehead atoms. The van der Waals surface area contributed by atoms with Gasteiger partial charge in [0.2, 0.25) is 0 Å². The van der Waals surface area contributed by atoms with Crippen LogP contribution in [-0.2, 0) is 20.1 Å². The molecule has 2 saturated carbocycles. The van der Waals surface area contributed by atoms with E-state index >= 15 is 0 Å². The summed E-state index contributed by atoms with van der Waals surface area (Å²) in [7, 11) is 0. The van der Waals surface area contributed by atoms with Crippen molar-refractivity contribution in [1.29, 1.82) is 0 Å². The molecule has 0 atom stereocenters. The minimum Gasteiger partial charge on any atom is -0.500 e. The Bertz CT molecular complexity index is 2400. The molecule has 0 amide bonds.